The number of hydrogen-bond acceptors (Lipinski definition) is 3. The number of hydrogen-bond donors (Lipinski definition) is 1. The Morgan fingerprint density at radius 1 is 1.33 bits per heavy atom. The highest BCUT2D eigenvalue weighted by Crippen LogP contribution is 2.33. The standard InChI is InChI=1S/C13H18FNO2.ClH/c1-8(2)5-11(15)9-6-12(16-3)13(17-4)7-10(9)14;/h6-7,11H,1,5,15H2,2-4H3;1H/t11-;/m1./s1. The maximum atomic E-state index is 13.8. The second kappa shape index (κ2) is 7.24. The van der Waals surface area contributed by atoms with Gasteiger partial charge in [-0.25, -0.2) is 4.39 Å². The van der Waals surface area contributed by atoms with Crippen LogP contribution < -0.4 is 15.2 Å². The average molecular weight is 276 g/mol. The van der Waals surface area contributed by atoms with Gasteiger partial charge in [0.25, 0.3) is 0 Å². The molecule has 0 bridgehead atoms. The Hall–Kier alpha value is -1.26. The Morgan fingerprint density at radius 3 is 2.28 bits per heavy atom. The van der Waals surface area contributed by atoms with E-state index in [-0.39, 0.29) is 12.4 Å². The van der Waals surface area contributed by atoms with Crippen molar-refractivity contribution in [2.75, 3.05) is 14.2 Å². The van der Waals surface area contributed by atoms with Gasteiger partial charge in [-0.05, 0) is 19.4 Å². The third kappa shape index (κ3) is 3.89. The van der Waals surface area contributed by atoms with Crippen molar-refractivity contribution in [3.8, 4) is 11.5 Å². The summed E-state index contributed by atoms with van der Waals surface area (Å²) in [6.45, 7) is 5.63. The van der Waals surface area contributed by atoms with Crippen molar-refractivity contribution in [1.82, 2.24) is 0 Å². The summed E-state index contributed by atoms with van der Waals surface area (Å²) in [5, 5.41) is 0. The molecule has 1 aromatic rings. The summed E-state index contributed by atoms with van der Waals surface area (Å²) >= 11 is 0. The van der Waals surface area contributed by atoms with Gasteiger partial charge >= 0.3 is 0 Å². The number of halogens is 2. The van der Waals surface area contributed by atoms with E-state index in [0.29, 0.717) is 23.5 Å². The molecule has 0 aromatic heterocycles. The van der Waals surface area contributed by atoms with E-state index in [1.807, 2.05) is 6.92 Å². The molecular formula is C13H19ClFNO2. The molecule has 1 aromatic carbocycles. The van der Waals surface area contributed by atoms with Crippen LogP contribution in [-0.4, -0.2) is 14.2 Å². The lowest BCUT2D eigenvalue weighted by Crippen LogP contribution is -2.13. The van der Waals surface area contributed by atoms with Crippen LogP contribution in [-0.2, 0) is 0 Å². The number of benzene rings is 1. The Bertz CT molecular complexity index is 424. The first kappa shape index (κ1) is 16.7. The van der Waals surface area contributed by atoms with Gasteiger partial charge in [-0.15, -0.1) is 19.0 Å². The first-order valence-electron chi connectivity index (χ1n) is 5.31. The molecule has 0 spiro atoms. The van der Waals surface area contributed by atoms with E-state index in [1.54, 1.807) is 6.07 Å². The lowest BCUT2D eigenvalue weighted by molar-refractivity contribution is 0.351. The smallest absolute Gasteiger partial charge is 0.163 e. The van der Waals surface area contributed by atoms with Crippen molar-refractivity contribution < 1.29 is 13.9 Å². The molecule has 0 amide bonds. The zero-order valence-electron chi connectivity index (χ0n) is 10.8. The Labute approximate surface area is 113 Å². The van der Waals surface area contributed by atoms with Crippen molar-refractivity contribution in [3.63, 3.8) is 0 Å². The number of rotatable bonds is 5. The third-order valence-electron chi connectivity index (χ3n) is 2.47. The first-order chi connectivity index (χ1) is 7.99. The quantitative estimate of drug-likeness (QED) is 0.839. The highest BCUT2D eigenvalue weighted by Gasteiger charge is 2.16. The van der Waals surface area contributed by atoms with E-state index >= 15 is 0 Å². The summed E-state index contributed by atoms with van der Waals surface area (Å²) in [6, 6.07) is 2.43. The summed E-state index contributed by atoms with van der Waals surface area (Å²) in [6.07, 6.45) is 0.534. The summed E-state index contributed by atoms with van der Waals surface area (Å²) in [7, 11) is 2.97. The third-order valence-corrected chi connectivity index (χ3v) is 2.47. The zero-order chi connectivity index (χ0) is 13.0. The molecule has 0 heterocycles. The van der Waals surface area contributed by atoms with Crippen molar-refractivity contribution in [2.24, 2.45) is 5.73 Å². The van der Waals surface area contributed by atoms with E-state index in [4.69, 9.17) is 15.2 Å². The minimum absolute atomic E-state index is 0. The summed E-state index contributed by atoms with van der Waals surface area (Å²) < 4.78 is 23.9. The van der Waals surface area contributed by atoms with Crippen molar-refractivity contribution in [3.05, 3.63) is 35.7 Å². The molecule has 3 nitrogen and oxygen atoms in total. The molecule has 0 saturated heterocycles. The van der Waals surface area contributed by atoms with Crippen LogP contribution in [0.25, 0.3) is 0 Å². The fourth-order valence-corrected chi connectivity index (χ4v) is 1.64. The van der Waals surface area contributed by atoms with Gasteiger partial charge in [0.15, 0.2) is 11.5 Å². The van der Waals surface area contributed by atoms with Crippen LogP contribution in [0.4, 0.5) is 4.39 Å². The molecule has 2 N–H and O–H groups in total. The average Bonchev–Trinajstić information content (AvgIpc) is 2.27. The highest BCUT2D eigenvalue weighted by atomic mass is 35.5. The minimum atomic E-state index is -0.424. The molecule has 0 radical (unpaired) electrons. The van der Waals surface area contributed by atoms with Crippen LogP contribution >= 0.6 is 12.4 Å². The topological polar surface area (TPSA) is 44.5 Å². The number of nitrogens with two attached hydrogens (primary N) is 1. The first-order valence-corrected chi connectivity index (χ1v) is 5.31. The van der Waals surface area contributed by atoms with E-state index in [0.717, 1.165) is 5.57 Å². The number of methoxy groups -OCH3 is 2. The predicted octanol–water partition coefficient (Wildman–Crippen LogP) is 3.23. The van der Waals surface area contributed by atoms with Crippen molar-refractivity contribution in [1.29, 1.82) is 0 Å². The lowest BCUT2D eigenvalue weighted by atomic mass is 10.00. The molecule has 0 aliphatic heterocycles. The molecule has 0 fully saturated rings. The fourth-order valence-electron chi connectivity index (χ4n) is 1.64. The summed E-state index contributed by atoms with van der Waals surface area (Å²) in [5.74, 6) is 0.439. The number of ether oxygens (including phenoxy) is 2. The monoisotopic (exact) mass is 275 g/mol. The predicted molar refractivity (Wildman–Crippen MR) is 73.1 cm³/mol. The van der Waals surface area contributed by atoms with Gasteiger partial charge in [-0.1, -0.05) is 5.57 Å². The van der Waals surface area contributed by atoms with Gasteiger partial charge in [0.05, 0.1) is 14.2 Å². The second-order valence-electron chi connectivity index (χ2n) is 4.00. The molecule has 0 unspecified atom stereocenters. The molecule has 0 aliphatic rings. The van der Waals surface area contributed by atoms with Crippen LogP contribution in [0, 0.1) is 5.82 Å². The molecule has 1 rings (SSSR count). The van der Waals surface area contributed by atoms with Crippen molar-refractivity contribution in [2.45, 2.75) is 19.4 Å². The van der Waals surface area contributed by atoms with Gasteiger partial charge in [-0.2, -0.15) is 0 Å². The van der Waals surface area contributed by atoms with E-state index in [9.17, 15) is 4.39 Å². The van der Waals surface area contributed by atoms with Gasteiger partial charge in [0.1, 0.15) is 5.82 Å². The summed E-state index contributed by atoms with van der Waals surface area (Å²) in [4.78, 5) is 0. The van der Waals surface area contributed by atoms with Gasteiger partial charge in [0, 0.05) is 17.7 Å². The maximum Gasteiger partial charge on any atom is 0.163 e. The van der Waals surface area contributed by atoms with Gasteiger partial charge in [0.2, 0.25) is 0 Å². The van der Waals surface area contributed by atoms with Crippen molar-refractivity contribution >= 4 is 12.4 Å². The molecule has 102 valence electrons. The second-order valence-corrected chi connectivity index (χ2v) is 4.00. The van der Waals surface area contributed by atoms with Gasteiger partial charge in [-0.3, -0.25) is 0 Å². The minimum Gasteiger partial charge on any atom is -0.493 e. The lowest BCUT2D eigenvalue weighted by Gasteiger charge is -2.16. The molecule has 1 atom stereocenters. The Kier molecular flexibility index (Phi) is 6.73. The van der Waals surface area contributed by atoms with Gasteiger partial charge < -0.3 is 15.2 Å². The van der Waals surface area contributed by atoms with E-state index < -0.39 is 11.9 Å². The van der Waals surface area contributed by atoms with Crippen LogP contribution in [0.1, 0.15) is 24.9 Å². The fraction of sp³-hybridized carbons (Fsp3) is 0.385. The van der Waals surface area contributed by atoms with E-state index in [2.05, 4.69) is 6.58 Å². The van der Waals surface area contributed by atoms with Crippen LogP contribution in [0.15, 0.2) is 24.3 Å². The molecule has 0 aliphatic carbocycles. The molecule has 0 saturated carbocycles. The molecule has 5 heteroatoms. The van der Waals surface area contributed by atoms with Crippen LogP contribution in [0.5, 0.6) is 11.5 Å². The van der Waals surface area contributed by atoms with Crippen LogP contribution in [0.3, 0.4) is 0 Å². The zero-order valence-corrected chi connectivity index (χ0v) is 11.6. The Balaban J connectivity index is 0.00000289. The molecule has 18 heavy (non-hydrogen) atoms. The normalized spacial score (nSPS) is 11.4. The van der Waals surface area contributed by atoms with E-state index in [1.165, 1.54) is 20.3 Å². The van der Waals surface area contributed by atoms with Crippen LogP contribution in [0.2, 0.25) is 0 Å². The highest BCUT2D eigenvalue weighted by molar-refractivity contribution is 5.85. The Morgan fingerprint density at radius 2 is 1.83 bits per heavy atom. The molecular weight excluding hydrogens is 257 g/mol. The largest absolute Gasteiger partial charge is 0.493 e. The maximum absolute atomic E-state index is 13.8. The SMILES string of the molecule is C=C(C)C[C@@H](N)c1cc(OC)c(OC)cc1F.Cl. The summed E-state index contributed by atoms with van der Waals surface area (Å²) in [5.41, 5.74) is 7.23.